The maximum atomic E-state index is 12.1. The van der Waals surface area contributed by atoms with Gasteiger partial charge in [-0.25, -0.2) is 0 Å². The van der Waals surface area contributed by atoms with Crippen molar-refractivity contribution in [2.24, 2.45) is 5.73 Å². The van der Waals surface area contributed by atoms with Crippen molar-refractivity contribution in [2.75, 3.05) is 5.32 Å². The van der Waals surface area contributed by atoms with E-state index in [2.05, 4.69) is 10.6 Å². The van der Waals surface area contributed by atoms with Crippen LogP contribution in [0, 0.1) is 0 Å². The lowest BCUT2D eigenvalue weighted by Crippen LogP contribution is -2.26. The number of nitrogens with one attached hydrogen (secondary N) is 2. The van der Waals surface area contributed by atoms with Crippen molar-refractivity contribution in [3.8, 4) is 0 Å². The van der Waals surface area contributed by atoms with E-state index >= 15 is 0 Å². The molecule has 0 aliphatic heterocycles. The molecule has 4 N–H and O–H groups in total. The zero-order valence-electron chi connectivity index (χ0n) is 13.0. The Morgan fingerprint density at radius 3 is 2.65 bits per heavy atom. The van der Waals surface area contributed by atoms with Crippen LogP contribution in [0.15, 0.2) is 41.0 Å². The molecule has 0 bridgehead atoms. The summed E-state index contributed by atoms with van der Waals surface area (Å²) in [6.07, 6.45) is 1.39. The minimum atomic E-state index is -0.235. The molecule has 0 aliphatic carbocycles. The van der Waals surface area contributed by atoms with Crippen LogP contribution in [0.1, 0.15) is 41.6 Å². The summed E-state index contributed by atoms with van der Waals surface area (Å²) >= 11 is 0. The van der Waals surface area contributed by atoms with Crippen LogP contribution >= 0.6 is 12.4 Å². The lowest BCUT2D eigenvalue weighted by atomic mass is 10.1. The highest BCUT2D eigenvalue weighted by Crippen LogP contribution is 2.18. The highest BCUT2D eigenvalue weighted by molar-refractivity contribution is 5.94. The van der Waals surface area contributed by atoms with E-state index in [1.165, 1.54) is 13.2 Å². The average molecular weight is 338 g/mol. The summed E-state index contributed by atoms with van der Waals surface area (Å²) in [7, 11) is 0. The van der Waals surface area contributed by atoms with E-state index in [0.29, 0.717) is 17.0 Å². The predicted octanol–water partition coefficient (Wildman–Crippen LogP) is 2.61. The Kier molecular flexibility index (Phi) is 6.81. The fraction of sp³-hybridized carbons (Fsp3) is 0.250. The Labute approximate surface area is 140 Å². The summed E-state index contributed by atoms with van der Waals surface area (Å²) in [4.78, 5) is 23.2. The molecule has 2 rings (SSSR count). The molecular weight excluding hydrogens is 318 g/mol. The molecule has 7 heteroatoms. The molecule has 1 aromatic heterocycles. The van der Waals surface area contributed by atoms with E-state index in [0.717, 1.165) is 5.56 Å². The zero-order chi connectivity index (χ0) is 16.1. The van der Waals surface area contributed by atoms with Crippen LogP contribution in [-0.2, 0) is 11.3 Å². The lowest BCUT2D eigenvalue weighted by Gasteiger charge is -2.15. The third kappa shape index (κ3) is 5.12. The minimum Gasteiger partial charge on any atom is -0.467 e. The van der Waals surface area contributed by atoms with E-state index in [9.17, 15) is 9.59 Å². The number of benzene rings is 1. The average Bonchev–Trinajstić information content (AvgIpc) is 2.95. The van der Waals surface area contributed by atoms with Gasteiger partial charge in [-0.1, -0.05) is 12.1 Å². The first-order chi connectivity index (χ1) is 10.5. The van der Waals surface area contributed by atoms with Crippen LogP contribution in [0.2, 0.25) is 0 Å². The third-order valence-electron chi connectivity index (χ3n) is 3.17. The van der Waals surface area contributed by atoms with Gasteiger partial charge in [0.15, 0.2) is 0 Å². The van der Waals surface area contributed by atoms with Gasteiger partial charge >= 0.3 is 0 Å². The van der Waals surface area contributed by atoms with E-state index < -0.39 is 0 Å². The Morgan fingerprint density at radius 1 is 1.30 bits per heavy atom. The molecule has 0 spiro atoms. The predicted molar refractivity (Wildman–Crippen MR) is 90.5 cm³/mol. The smallest absolute Gasteiger partial charge is 0.255 e. The number of amides is 2. The molecule has 1 heterocycles. The molecule has 23 heavy (non-hydrogen) atoms. The number of rotatable bonds is 5. The number of anilines is 1. The quantitative estimate of drug-likeness (QED) is 0.781. The molecule has 0 saturated carbocycles. The van der Waals surface area contributed by atoms with E-state index in [1.54, 1.807) is 12.1 Å². The largest absolute Gasteiger partial charge is 0.467 e. The molecule has 2 aromatic rings. The monoisotopic (exact) mass is 337 g/mol. The lowest BCUT2D eigenvalue weighted by molar-refractivity contribution is -0.114. The first kappa shape index (κ1) is 18.7. The van der Waals surface area contributed by atoms with Crippen molar-refractivity contribution in [3.63, 3.8) is 0 Å². The fourth-order valence-electron chi connectivity index (χ4n) is 2.06. The maximum absolute atomic E-state index is 12.1. The normalized spacial score (nSPS) is 11.3. The fourth-order valence-corrected chi connectivity index (χ4v) is 2.06. The van der Waals surface area contributed by atoms with Gasteiger partial charge in [0.1, 0.15) is 12.0 Å². The SMILES string of the molecule is CC(=O)Nc1cccc(C(C)NC(=O)c2coc(CN)c2)c1.Cl. The Morgan fingerprint density at radius 2 is 2.04 bits per heavy atom. The van der Waals surface area contributed by atoms with Crippen LogP contribution in [0.3, 0.4) is 0 Å². The molecule has 6 nitrogen and oxygen atoms in total. The molecule has 1 unspecified atom stereocenters. The van der Waals surface area contributed by atoms with Crippen molar-refractivity contribution in [3.05, 3.63) is 53.5 Å². The highest BCUT2D eigenvalue weighted by Gasteiger charge is 2.14. The molecule has 0 aliphatic rings. The van der Waals surface area contributed by atoms with Gasteiger partial charge in [0.2, 0.25) is 5.91 Å². The van der Waals surface area contributed by atoms with Crippen LogP contribution in [-0.4, -0.2) is 11.8 Å². The van der Waals surface area contributed by atoms with Gasteiger partial charge < -0.3 is 20.8 Å². The number of halogens is 1. The first-order valence-corrected chi connectivity index (χ1v) is 6.95. The van der Waals surface area contributed by atoms with Crippen molar-refractivity contribution in [1.82, 2.24) is 5.32 Å². The van der Waals surface area contributed by atoms with Gasteiger partial charge in [0, 0.05) is 12.6 Å². The summed E-state index contributed by atoms with van der Waals surface area (Å²) in [5.74, 6) is 0.188. The van der Waals surface area contributed by atoms with E-state index in [1.807, 2.05) is 25.1 Å². The molecule has 0 saturated heterocycles. The Bertz CT molecular complexity index is 685. The van der Waals surface area contributed by atoms with Crippen molar-refractivity contribution in [1.29, 1.82) is 0 Å². The number of furan rings is 1. The van der Waals surface area contributed by atoms with E-state index in [-0.39, 0.29) is 36.8 Å². The topological polar surface area (TPSA) is 97.4 Å². The van der Waals surface area contributed by atoms with Gasteiger partial charge in [-0.2, -0.15) is 0 Å². The Hall–Kier alpha value is -2.31. The van der Waals surface area contributed by atoms with Crippen molar-refractivity contribution in [2.45, 2.75) is 26.4 Å². The van der Waals surface area contributed by atoms with Crippen LogP contribution in [0.25, 0.3) is 0 Å². The zero-order valence-corrected chi connectivity index (χ0v) is 13.8. The van der Waals surface area contributed by atoms with Gasteiger partial charge in [0.05, 0.1) is 18.2 Å². The van der Waals surface area contributed by atoms with Gasteiger partial charge in [-0.15, -0.1) is 12.4 Å². The molecule has 1 aromatic carbocycles. The number of hydrogen-bond acceptors (Lipinski definition) is 4. The number of carbonyl (C=O) groups excluding carboxylic acids is 2. The summed E-state index contributed by atoms with van der Waals surface area (Å²) in [5, 5.41) is 5.59. The number of hydrogen-bond donors (Lipinski definition) is 3. The summed E-state index contributed by atoms with van der Waals surface area (Å²) in [5.41, 5.74) is 7.47. The number of carbonyl (C=O) groups is 2. The Balaban J connectivity index is 0.00000264. The molecule has 2 amide bonds. The summed E-state index contributed by atoms with van der Waals surface area (Å²) in [6.45, 7) is 3.57. The first-order valence-electron chi connectivity index (χ1n) is 6.95. The molecule has 0 fully saturated rings. The second-order valence-corrected chi connectivity index (χ2v) is 5.01. The summed E-state index contributed by atoms with van der Waals surface area (Å²) in [6, 6.07) is 8.74. The summed E-state index contributed by atoms with van der Waals surface area (Å²) < 4.78 is 5.15. The van der Waals surface area contributed by atoms with Crippen molar-refractivity contribution < 1.29 is 14.0 Å². The molecule has 124 valence electrons. The highest BCUT2D eigenvalue weighted by atomic mass is 35.5. The van der Waals surface area contributed by atoms with Gasteiger partial charge in [0.25, 0.3) is 5.91 Å². The molecule has 0 radical (unpaired) electrons. The van der Waals surface area contributed by atoms with Crippen LogP contribution in [0.5, 0.6) is 0 Å². The van der Waals surface area contributed by atoms with Crippen molar-refractivity contribution >= 4 is 29.9 Å². The maximum Gasteiger partial charge on any atom is 0.255 e. The van der Waals surface area contributed by atoms with Crippen LogP contribution in [0.4, 0.5) is 5.69 Å². The standard InChI is InChI=1S/C16H19N3O3.ClH/c1-10(12-4-3-5-14(6-12)19-11(2)20)18-16(21)13-7-15(8-17)22-9-13;/h3-7,9-10H,8,17H2,1-2H3,(H,18,21)(H,19,20);1H. The third-order valence-corrected chi connectivity index (χ3v) is 3.17. The van der Waals surface area contributed by atoms with Gasteiger partial charge in [-0.3, -0.25) is 9.59 Å². The molecular formula is C16H20ClN3O3. The van der Waals surface area contributed by atoms with Gasteiger partial charge in [-0.05, 0) is 30.7 Å². The van der Waals surface area contributed by atoms with E-state index in [4.69, 9.17) is 10.2 Å². The minimum absolute atomic E-state index is 0. The molecule has 1 atom stereocenters. The second kappa shape index (κ2) is 8.36. The second-order valence-electron chi connectivity index (χ2n) is 5.01. The number of nitrogens with two attached hydrogens (primary N) is 1. The van der Waals surface area contributed by atoms with Crippen LogP contribution < -0.4 is 16.4 Å².